The molecule has 4 nitrogen and oxygen atoms in total. The fraction of sp³-hybridized carbons (Fsp3) is 0.364. The van der Waals surface area contributed by atoms with Crippen LogP contribution in [0.1, 0.15) is 6.42 Å². The van der Waals surface area contributed by atoms with E-state index in [2.05, 4.69) is 29.7 Å². The van der Waals surface area contributed by atoms with Crippen LogP contribution in [0.2, 0.25) is 0 Å². The predicted molar refractivity (Wildman–Crippen MR) is 56.7 cm³/mol. The van der Waals surface area contributed by atoms with Gasteiger partial charge in [-0.3, -0.25) is 10.2 Å². The van der Waals surface area contributed by atoms with Crippen molar-refractivity contribution in [3.05, 3.63) is 35.5 Å². The highest BCUT2D eigenvalue weighted by atomic mass is 16.3. The summed E-state index contributed by atoms with van der Waals surface area (Å²) in [6.07, 6.45) is 9.06. The second kappa shape index (κ2) is 4.00. The number of hydrogen-bond acceptors (Lipinski definition) is 3. The molecule has 1 fully saturated rings. The number of fused-ring (bicyclic) bond motifs is 2. The van der Waals surface area contributed by atoms with Gasteiger partial charge in [0.05, 0.1) is 6.54 Å². The van der Waals surface area contributed by atoms with E-state index in [9.17, 15) is 4.79 Å². The number of rotatable bonds is 0. The molecule has 15 heavy (non-hydrogen) atoms. The maximum Gasteiger partial charge on any atom is 0.264 e. The minimum atomic E-state index is -0.833. The van der Waals surface area contributed by atoms with Crippen molar-refractivity contribution >= 4 is 5.91 Å². The second-order valence-electron chi connectivity index (χ2n) is 3.87. The zero-order valence-corrected chi connectivity index (χ0v) is 8.60. The molecule has 80 valence electrons. The highest BCUT2D eigenvalue weighted by molar-refractivity contribution is 5.81. The highest BCUT2D eigenvalue weighted by Gasteiger charge is 2.24. The van der Waals surface area contributed by atoms with E-state index in [4.69, 9.17) is 5.11 Å². The van der Waals surface area contributed by atoms with E-state index in [1.165, 1.54) is 17.6 Å². The number of carbonyl (C=O) groups is 1. The van der Waals surface area contributed by atoms with Crippen LogP contribution in [0.15, 0.2) is 35.5 Å². The average molecular weight is 206 g/mol. The van der Waals surface area contributed by atoms with Crippen molar-refractivity contribution < 1.29 is 9.90 Å². The Balaban J connectivity index is 0.000000114. The lowest BCUT2D eigenvalue weighted by Crippen LogP contribution is -2.29. The van der Waals surface area contributed by atoms with E-state index in [1.54, 1.807) is 12.1 Å². The molecule has 0 saturated carbocycles. The number of hydrazine groups is 1. The van der Waals surface area contributed by atoms with Crippen LogP contribution in [0.3, 0.4) is 0 Å². The van der Waals surface area contributed by atoms with Crippen LogP contribution in [-0.2, 0) is 4.79 Å². The predicted octanol–water partition coefficient (Wildman–Crippen LogP) is 0.137. The van der Waals surface area contributed by atoms with Crippen LogP contribution in [0.5, 0.6) is 0 Å². The van der Waals surface area contributed by atoms with Gasteiger partial charge in [-0.05, 0) is 17.6 Å². The fourth-order valence-corrected chi connectivity index (χ4v) is 1.66. The molecule has 1 saturated heterocycles. The summed E-state index contributed by atoms with van der Waals surface area (Å²) in [6, 6.07) is 0. The Hall–Kier alpha value is -1.39. The first kappa shape index (κ1) is 10.1. The van der Waals surface area contributed by atoms with E-state index >= 15 is 0 Å². The van der Waals surface area contributed by atoms with Crippen molar-refractivity contribution in [2.75, 3.05) is 13.6 Å². The van der Waals surface area contributed by atoms with Crippen LogP contribution in [0.25, 0.3) is 0 Å². The van der Waals surface area contributed by atoms with E-state index in [0.29, 0.717) is 6.54 Å². The van der Waals surface area contributed by atoms with Gasteiger partial charge in [-0.15, -0.1) is 0 Å². The molecule has 3 rings (SSSR count). The lowest BCUT2D eigenvalue weighted by Gasteiger charge is -2.02. The zero-order chi connectivity index (χ0) is 10.8. The molecule has 2 bridgehead atoms. The monoisotopic (exact) mass is 206 g/mol. The Bertz CT molecular complexity index is 349. The van der Waals surface area contributed by atoms with Crippen LogP contribution >= 0.6 is 0 Å². The molecule has 2 N–H and O–H groups in total. The van der Waals surface area contributed by atoms with E-state index in [-0.39, 0.29) is 5.91 Å². The van der Waals surface area contributed by atoms with Crippen LogP contribution in [-0.4, -0.2) is 35.7 Å². The number of aliphatic hydroxyl groups is 1. The number of β-amino-alcohol motifs (C(OH)–C–C–N with tert-alkyl or cyclic N) is 1. The molecule has 0 radical (unpaired) electrons. The van der Waals surface area contributed by atoms with Crippen LogP contribution in [0, 0.1) is 0 Å². The lowest BCUT2D eigenvalue weighted by atomic mass is 10.3. The number of allylic oxidation sites excluding steroid dienone is 6. The zero-order valence-electron chi connectivity index (χ0n) is 8.60. The largest absolute Gasteiger partial charge is 0.382 e. The number of aliphatic hydroxyl groups excluding tert-OH is 1. The molecule has 2 aliphatic carbocycles. The van der Waals surface area contributed by atoms with Gasteiger partial charge in [0.2, 0.25) is 0 Å². The normalized spacial score (nSPS) is 27.1. The van der Waals surface area contributed by atoms with Crippen molar-refractivity contribution in [2.45, 2.75) is 12.5 Å². The van der Waals surface area contributed by atoms with Gasteiger partial charge < -0.3 is 5.11 Å². The summed E-state index contributed by atoms with van der Waals surface area (Å²) in [7, 11) is 1.70. The first-order valence-electron chi connectivity index (χ1n) is 4.92. The summed E-state index contributed by atoms with van der Waals surface area (Å²) < 4.78 is 0. The number of nitrogens with one attached hydrogen (secondary N) is 1. The van der Waals surface area contributed by atoms with Gasteiger partial charge in [0, 0.05) is 7.05 Å². The fourth-order valence-electron chi connectivity index (χ4n) is 1.66. The third-order valence-electron chi connectivity index (χ3n) is 2.48. The lowest BCUT2D eigenvalue weighted by molar-refractivity contribution is -0.126. The van der Waals surface area contributed by atoms with Gasteiger partial charge in [0.1, 0.15) is 6.10 Å². The van der Waals surface area contributed by atoms with Crippen LogP contribution < -0.4 is 5.43 Å². The van der Waals surface area contributed by atoms with E-state index in [0.717, 1.165) is 0 Å². The van der Waals surface area contributed by atoms with Gasteiger partial charge in [0.15, 0.2) is 0 Å². The number of nitrogens with zero attached hydrogens (tertiary/aromatic N) is 1. The number of carbonyl (C=O) groups excluding carboxylic acids is 1. The van der Waals surface area contributed by atoms with Crippen molar-refractivity contribution in [1.82, 2.24) is 10.4 Å². The first-order valence-corrected chi connectivity index (χ1v) is 4.92. The van der Waals surface area contributed by atoms with Gasteiger partial charge in [-0.2, -0.15) is 0 Å². The molecule has 1 amide bonds. The van der Waals surface area contributed by atoms with Crippen LogP contribution in [0.4, 0.5) is 0 Å². The van der Waals surface area contributed by atoms with E-state index < -0.39 is 6.10 Å². The minimum Gasteiger partial charge on any atom is -0.382 e. The molecule has 3 aliphatic rings. The smallest absolute Gasteiger partial charge is 0.264 e. The number of likely N-dealkylation sites (N-methyl/N-ethyl adjacent to an activating group) is 1. The summed E-state index contributed by atoms with van der Waals surface area (Å²) in [4.78, 5) is 10.4. The topological polar surface area (TPSA) is 52.6 Å². The highest BCUT2D eigenvalue weighted by Crippen LogP contribution is 2.27. The minimum absolute atomic E-state index is 0.312. The van der Waals surface area contributed by atoms with Gasteiger partial charge in [-0.25, -0.2) is 5.01 Å². The third-order valence-corrected chi connectivity index (χ3v) is 2.48. The molecule has 1 unspecified atom stereocenters. The summed E-state index contributed by atoms with van der Waals surface area (Å²) in [6.45, 7) is 0.388. The molecule has 0 aromatic rings. The average Bonchev–Trinajstić information content (AvgIpc) is 2.86. The van der Waals surface area contributed by atoms with E-state index in [1.807, 2.05) is 0 Å². The van der Waals surface area contributed by atoms with Crippen molar-refractivity contribution in [1.29, 1.82) is 0 Å². The molecule has 4 heteroatoms. The second-order valence-corrected chi connectivity index (χ2v) is 3.87. The summed E-state index contributed by atoms with van der Waals surface area (Å²) in [5.74, 6) is -0.312. The third kappa shape index (κ3) is 2.34. The van der Waals surface area contributed by atoms with Crippen molar-refractivity contribution in [2.24, 2.45) is 0 Å². The summed E-state index contributed by atoms with van der Waals surface area (Å²) >= 11 is 0. The Morgan fingerprint density at radius 3 is 2.13 bits per heavy atom. The van der Waals surface area contributed by atoms with Crippen molar-refractivity contribution in [3.63, 3.8) is 0 Å². The molecule has 0 aromatic heterocycles. The maximum absolute atomic E-state index is 10.4. The summed E-state index contributed by atoms with van der Waals surface area (Å²) in [5.41, 5.74) is 5.35. The Kier molecular flexibility index (Phi) is 2.70. The van der Waals surface area contributed by atoms with Gasteiger partial charge >= 0.3 is 0 Å². The Morgan fingerprint density at radius 1 is 1.40 bits per heavy atom. The first-order chi connectivity index (χ1) is 7.15. The Labute approximate surface area is 88.5 Å². The van der Waals surface area contributed by atoms with Crippen molar-refractivity contribution in [3.8, 4) is 0 Å². The Morgan fingerprint density at radius 2 is 2.00 bits per heavy atom. The molecule has 0 spiro atoms. The molecular weight excluding hydrogens is 192 g/mol. The molecule has 1 atom stereocenters. The van der Waals surface area contributed by atoms with Gasteiger partial charge in [-0.1, -0.05) is 24.3 Å². The SMILES string of the molecule is C1=CC2=CC=C1C2.CN1CC(O)C(=O)N1. The maximum atomic E-state index is 10.4. The number of hydrogen-bond donors (Lipinski definition) is 2. The molecule has 0 aromatic carbocycles. The van der Waals surface area contributed by atoms with Gasteiger partial charge in [0.25, 0.3) is 5.91 Å². The molecular formula is C11H14N2O2. The number of amides is 1. The molecule has 1 heterocycles. The molecule has 1 aliphatic heterocycles. The standard InChI is InChI=1S/C7H6.C4H8N2O2/c1-2-7-4-3-6(1)5-7;1-6-2-3(7)4(8)5-6/h1-4H,5H2;3,7H,2H2,1H3,(H,5,8). The summed E-state index contributed by atoms with van der Waals surface area (Å²) in [5, 5.41) is 10.3. The quantitative estimate of drug-likeness (QED) is 0.592.